The Morgan fingerprint density at radius 1 is 1.11 bits per heavy atom. The second-order valence-electron chi connectivity index (χ2n) is 6.62. The molecule has 6 nitrogen and oxygen atoms in total. The molecule has 1 aliphatic carbocycles. The second kappa shape index (κ2) is 6.69. The number of benzene rings is 1. The fourth-order valence-corrected chi connectivity index (χ4v) is 4.71. The van der Waals surface area contributed by atoms with E-state index in [1.807, 2.05) is 12.1 Å². The van der Waals surface area contributed by atoms with Crippen LogP contribution in [0, 0.1) is 0 Å². The van der Waals surface area contributed by atoms with Gasteiger partial charge in [0.1, 0.15) is 10.6 Å². The molecule has 0 aliphatic heterocycles. The zero-order valence-corrected chi connectivity index (χ0v) is 15.7. The summed E-state index contributed by atoms with van der Waals surface area (Å²) in [6, 6.07) is 10.5. The number of nitrogens with two attached hydrogens (primary N) is 1. The van der Waals surface area contributed by atoms with Gasteiger partial charge in [-0.15, -0.1) is 11.3 Å². The van der Waals surface area contributed by atoms with E-state index < -0.39 is 5.91 Å². The number of carbonyl (C=O) groups is 1. The van der Waals surface area contributed by atoms with Crippen LogP contribution in [0.4, 0.5) is 0 Å². The van der Waals surface area contributed by atoms with Crippen molar-refractivity contribution in [3.63, 3.8) is 0 Å². The molecule has 138 valence electrons. The van der Waals surface area contributed by atoms with Gasteiger partial charge in [0.05, 0.1) is 5.39 Å². The lowest BCUT2D eigenvalue weighted by Crippen LogP contribution is -2.10. The monoisotopic (exact) mass is 388 g/mol. The molecule has 0 unspecified atom stereocenters. The summed E-state index contributed by atoms with van der Waals surface area (Å²) in [6.07, 6.45) is 6.70. The van der Waals surface area contributed by atoms with Gasteiger partial charge in [0.2, 0.25) is 11.8 Å². The number of aromatic nitrogens is 3. The minimum absolute atomic E-state index is 0.438. The highest BCUT2D eigenvalue weighted by atomic mass is 32.1. The second-order valence-corrected chi connectivity index (χ2v) is 7.71. The fourth-order valence-electron chi connectivity index (χ4n) is 3.46. The van der Waals surface area contributed by atoms with E-state index in [0.29, 0.717) is 23.0 Å². The number of amides is 1. The highest BCUT2D eigenvalue weighted by Crippen LogP contribution is 2.42. The lowest BCUT2D eigenvalue weighted by molar-refractivity contribution is 0.100. The van der Waals surface area contributed by atoms with Crippen LogP contribution in [0.1, 0.15) is 27.2 Å². The van der Waals surface area contributed by atoms with Crippen LogP contribution in [0.25, 0.3) is 21.6 Å². The molecular formula is C21H16N4O2S. The van der Waals surface area contributed by atoms with E-state index in [0.717, 1.165) is 35.0 Å². The Bertz CT molecular complexity index is 1190. The molecule has 0 saturated carbocycles. The van der Waals surface area contributed by atoms with Gasteiger partial charge in [0.25, 0.3) is 0 Å². The number of nitrogens with zero attached hydrogens (tertiary/aromatic N) is 3. The highest BCUT2D eigenvalue weighted by Gasteiger charge is 2.24. The molecule has 0 atom stereocenters. The number of hydrogen-bond donors (Lipinski definition) is 1. The number of pyridine rings is 1. The lowest BCUT2D eigenvalue weighted by Gasteiger charge is -2.09. The van der Waals surface area contributed by atoms with Crippen LogP contribution in [-0.2, 0) is 12.8 Å². The molecule has 0 bridgehead atoms. The lowest BCUT2D eigenvalue weighted by atomic mass is 10.2. The number of carbonyl (C=O) groups excluding carboxylic acids is 1. The van der Waals surface area contributed by atoms with Gasteiger partial charge in [0, 0.05) is 28.4 Å². The van der Waals surface area contributed by atoms with Gasteiger partial charge in [-0.2, -0.15) is 4.98 Å². The zero-order valence-electron chi connectivity index (χ0n) is 14.9. The molecule has 0 spiro atoms. The van der Waals surface area contributed by atoms with Crippen LogP contribution < -0.4 is 10.5 Å². The third kappa shape index (κ3) is 2.90. The molecule has 1 aromatic carbocycles. The summed E-state index contributed by atoms with van der Waals surface area (Å²) in [7, 11) is 0. The Hall–Kier alpha value is -3.32. The molecule has 4 aromatic rings. The van der Waals surface area contributed by atoms with Crippen LogP contribution in [0.3, 0.4) is 0 Å². The molecule has 5 rings (SSSR count). The zero-order chi connectivity index (χ0) is 19.1. The molecule has 0 saturated heterocycles. The van der Waals surface area contributed by atoms with Crippen molar-refractivity contribution in [2.75, 3.05) is 0 Å². The Morgan fingerprint density at radius 3 is 2.71 bits per heavy atom. The van der Waals surface area contributed by atoms with Crippen molar-refractivity contribution in [3.05, 3.63) is 64.8 Å². The highest BCUT2D eigenvalue weighted by molar-refractivity contribution is 7.19. The quantitative estimate of drug-likeness (QED) is 0.567. The average Bonchev–Trinajstić information content (AvgIpc) is 3.30. The SMILES string of the molecule is NC(=O)c1ccc(Oc2nc(-c3cccnc3)nc3sc4c(c23)CCC4)cc1. The van der Waals surface area contributed by atoms with Crippen LogP contribution in [0.2, 0.25) is 0 Å². The van der Waals surface area contributed by atoms with Crippen LogP contribution in [-0.4, -0.2) is 20.9 Å². The molecule has 1 amide bonds. The molecule has 1 aliphatic rings. The summed E-state index contributed by atoms with van der Waals surface area (Å²) in [4.78, 5) is 27.3. The first kappa shape index (κ1) is 16.8. The van der Waals surface area contributed by atoms with E-state index in [2.05, 4.69) is 4.98 Å². The number of primary amides is 1. The van der Waals surface area contributed by atoms with Crippen molar-refractivity contribution in [2.24, 2.45) is 5.73 Å². The van der Waals surface area contributed by atoms with Crippen molar-refractivity contribution in [1.82, 2.24) is 15.0 Å². The van der Waals surface area contributed by atoms with Crippen molar-refractivity contribution in [1.29, 1.82) is 0 Å². The van der Waals surface area contributed by atoms with Gasteiger partial charge >= 0.3 is 0 Å². The Morgan fingerprint density at radius 2 is 1.96 bits per heavy atom. The van der Waals surface area contributed by atoms with Gasteiger partial charge in [-0.25, -0.2) is 4.98 Å². The molecule has 3 aromatic heterocycles. The third-order valence-electron chi connectivity index (χ3n) is 4.80. The molecule has 28 heavy (non-hydrogen) atoms. The Balaban J connectivity index is 1.64. The van der Waals surface area contributed by atoms with Crippen LogP contribution >= 0.6 is 11.3 Å². The van der Waals surface area contributed by atoms with E-state index >= 15 is 0 Å². The van der Waals surface area contributed by atoms with Crippen LogP contribution in [0.5, 0.6) is 11.6 Å². The van der Waals surface area contributed by atoms with Gasteiger partial charge in [-0.1, -0.05) is 0 Å². The normalized spacial score (nSPS) is 12.9. The molecule has 7 heteroatoms. The maximum Gasteiger partial charge on any atom is 0.248 e. The molecule has 3 heterocycles. The predicted molar refractivity (Wildman–Crippen MR) is 108 cm³/mol. The molecule has 2 N–H and O–H groups in total. The summed E-state index contributed by atoms with van der Waals surface area (Å²) in [5.74, 6) is 1.25. The van der Waals surface area contributed by atoms with E-state index in [1.54, 1.807) is 48.0 Å². The first-order chi connectivity index (χ1) is 13.7. The number of thiophene rings is 1. The smallest absolute Gasteiger partial charge is 0.248 e. The maximum atomic E-state index is 11.3. The van der Waals surface area contributed by atoms with Crippen molar-refractivity contribution >= 4 is 27.5 Å². The van der Waals surface area contributed by atoms with Crippen LogP contribution in [0.15, 0.2) is 48.8 Å². The maximum absolute atomic E-state index is 11.3. The first-order valence-corrected chi connectivity index (χ1v) is 9.81. The van der Waals surface area contributed by atoms with E-state index in [9.17, 15) is 4.79 Å². The summed E-state index contributed by atoms with van der Waals surface area (Å²) in [6.45, 7) is 0. The fraction of sp³-hybridized carbons (Fsp3) is 0.143. The number of rotatable bonds is 4. The summed E-state index contributed by atoms with van der Waals surface area (Å²) < 4.78 is 6.16. The topological polar surface area (TPSA) is 91.0 Å². The van der Waals surface area contributed by atoms with E-state index in [-0.39, 0.29) is 0 Å². The van der Waals surface area contributed by atoms with Gasteiger partial charge in [-0.3, -0.25) is 9.78 Å². The largest absolute Gasteiger partial charge is 0.438 e. The van der Waals surface area contributed by atoms with Gasteiger partial charge in [-0.05, 0) is 61.2 Å². The number of fused-ring (bicyclic) bond motifs is 3. The summed E-state index contributed by atoms with van der Waals surface area (Å²) in [5, 5.41) is 0.990. The van der Waals surface area contributed by atoms with Crippen molar-refractivity contribution in [3.8, 4) is 23.0 Å². The number of aryl methyl sites for hydroxylation is 2. The van der Waals surface area contributed by atoms with Crippen molar-refractivity contribution in [2.45, 2.75) is 19.3 Å². The molecular weight excluding hydrogens is 372 g/mol. The molecule has 0 fully saturated rings. The minimum Gasteiger partial charge on any atom is -0.438 e. The summed E-state index contributed by atoms with van der Waals surface area (Å²) >= 11 is 1.71. The standard InChI is InChI=1S/C21H16N4O2S/c22-18(26)12-6-8-14(9-7-12)27-20-17-15-4-1-5-16(15)28-21(17)25-19(24-20)13-3-2-10-23-11-13/h2-3,6-11H,1,4-5H2,(H2,22,26). The minimum atomic E-state index is -0.467. The average molecular weight is 388 g/mol. The van der Waals surface area contributed by atoms with Gasteiger partial charge in [0.15, 0.2) is 5.82 Å². The number of ether oxygens (including phenoxy) is 1. The van der Waals surface area contributed by atoms with E-state index in [4.69, 9.17) is 20.4 Å². The number of hydrogen-bond acceptors (Lipinski definition) is 6. The van der Waals surface area contributed by atoms with Gasteiger partial charge < -0.3 is 10.5 Å². The van der Waals surface area contributed by atoms with Crippen molar-refractivity contribution < 1.29 is 9.53 Å². The summed E-state index contributed by atoms with van der Waals surface area (Å²) in [5.41, 5.74) is 7.89. The molecule has 0 radical (unpaired) electrons. The van der Waals surface area contributed by atoms with E-state index in [1.165, 1.54) is 10.4 Å². The third-order valence-corrected chi connectivity index (χ3v) is 5.99. The first-order valence-electron chi connectivity index (χ1n) is 8.99. The Kier molecular flexibility index (Phi) is 4.02. The predicted octanol–water partition coefficient (Wildman–Crippen LogP) is 4.13. The Labute approximate surface area is 165 Å².